The van der Waals surface area contributed by atoms with E-state index in [1.165, 1.54) is 5.56 Å². The van der Waals surface area contributed by atoms with E-state index in [4.69, 9.17) is 10.5 Å². The first kappa shape index (κ1) is 12.2. The zero-order valence-electron chi connectivity index (χ0n) is 9.86. The number of hydrogen-bond donors (Lipinski definition) is 1. The Bertz CT molecular complexity index is 276. The summed E-state index contributed by atoms with van der Waals surface area (Å²) in [6.07, 6.45) is 0.113. The Morgan fingerprint density at radius 1 is 1.20 bits per heavy atom. The minimum atomic E-state index is 0.0938. The lowest BCUT2D eigenvalue weighted by atomic mass is 9.84. The maximum atomic E-state index is 5.82. The van der Waals surface area contributed by atoms with Gasteiger partial charge in [0.05, 0.1) is 12.7 Å². The fraction of sp³-hybridized carbons (Fsp3) is 0.538. The van der Waals surface area contributed by atoms with Crippen LogP contribution in [0.4, 0.5) is 0 Å². The monoisotopic (exact) mass is 207 g/mol. The van der Waals surface area contributed by atoms with Crippen molar-refractivity contribution in [3.63, 3.8) is 0 Å². The molecule has 0 spiro atoms. The average molecular weight is 207 g/mol. The van der Waals surface area contributed by atoms with E-state index in [1.807, 2.05) is 18.2 Å². The van der Waals surface area contributed by atoms with Gasteiger partial charge in [-0.3, -0.25) is 0 Å². The molecular weight excluding hydrogens is 186 g/mol. The summed E-state index contributed by atoms with van der Waals surface area (Å²) >= 11 is 0. The predicted octanol–water partition coefficient (Wildman–Crippen LogP) is 2.75. The maximum absolute atomic E-state index is 5.82. The predicted molar refractivity (Wildman–Crippen MR) is 63.6 cm³/mol. The van der Waals surface area contributed by atoms with Gasteiger partial charge in [0.25, 0.3) is 0 Å². The highest BCUT2D eigenvalue weighted by molar-refractivity contribution is 5.19. The van der Waals surface area contributed by atoms with Crippen molar-refractivity contribution in [3.8, 4) is 0 Å². The SMILES string of the molecule is CC(C)(C)C(OCCN)c1ccccc1. The van der Waals surface area contributed by atoms with E-state index in [0.717, 1.165) is 0 Å². The third-order valence-corrected chi connectivity index (χ3v) is 2.29. The highest BCUT2D eigenvalue weighted by atomic mass is 16.5. The van der Waals surface area contributed by atoms with Gasteiger partial charge < -0.3 is 10.5 Å². The lowest BCUT2D eigenvalue weighted by Crippen LogP contribution is -2.23. The van der Waals surface area contributed by atoms with Crippen LogP contribution in [0.2, 0.25) is 0 Å². The Morgan fingerprint density at radius 3 is 2.27 bits per heavy atom. The van der Waals surface area contributed by atoms with Crippen LogP contribution < -0.4 is 5.73 Å². The quantitative estimate of drug-likeness (QED) is 0.824. The van der Waals surface area contributed by atoms with Crippen LogP contribution in [0.3, 0.4) is 0 Å². The van der Waals surface area contributed by atoms with Crippen molar-refractivity contribution >= 4 is 0 Å². The van der Waals surface area contributed by atoms with Gasteiger partial charge in [-0.1, -0.05) is 51.1 Å². The van der Waals surface area contributed by atoms with E-state index in [2.05, 4.69) is 32.9 Å². The van der Waals surface area contributed by atoms with Crippen molar-refractivity contribution in [3.05, 3.63) is 35.9 Å². The molecule has 0 aliphatic rings. The summed E-state index contributed by atoms with van der Waals surface area (Å²) in [5, 5.41) is 0. The molecule has 2 heteroatoms. The minimum Gasteiger partial charge on any atom is -0.372 e. The molecule has 0 heterocycles. The third kappa shape index (κ3) is 3.65. The van der Waals surface area contributed by atoms with Gasteiger partial charge in [-0.25, -0.2) is 0 Å². The van der Waals surface area contributed by atoms with Crippen molar-refractivity contribution in [2.75, 3.05) is 13.2 Å². The molecule has 0 aromatic heterocycles. The van der Waals surface area contributed by atoms with E-state index in [-0.39, 0.29) is 11.5 Å². The van der Waals surface area contributed by atoms with Crippen molar-refractivity contribution in [1.29, 1.82) is 0 Å². The number of benzene rings is 1. The summed E-state index contributed by atoms with van der Waals surface area (Å²) in [7, 11) is 0. The largest absolute Gasteiger partial charge is 0.372 e. The van der Waals surface area contributed by atoms with E-state index >= 15 is 0 Å². The fourth-order valence-corrected chi connectivity index (χ4v) is 1.66. The van der Waals surface area contributed by atoms with Crippen LogP contribution >= 0.6 is 0 Å². The van der Waals surface area contributed by atoms with Crippen LogP contribution in [0.15, 0.2) is 30.3 Å². The molecule has 2 nitrogen and oxygen atoms in total. The molecule has 1 rings (SSSR count). The third-order valence-electron chi connectivity index (χ3n) is 2.29. The van der Waals surface area contributed by atoms with Crippen LogP contribution in [0.1, 0.15) is 32.4 Å². The molecular formula is C13H21NO. The first-order valence-electron chi connectivity index (χ1n) is 5.42. The normalized spacial score (nSPS) is 13.9. The van der Waals surface area contributed by atoms with Gasteiger partial charge in [0.2, 0.25) is 0 Å². The summed E-state index contributed by atoms with van der Waals surface area (Å²) < 4.78 is 5.82. The summed E-state index contributed by atoms with van der Waals surface area (Å²) in [5.41, 5.74) is 6.79. The van der Waals surface area contributed by atoms with E-state index in [0.29, 0.717) is 13.2 Å². The second-order valence-corrected chi connectivity index (χ2v) is 4.82. The van der Waals surface area contributed by atoms with Gasteiger partial charge in [-0.05, 0) is 11.0 Å². The molecule has 1 atom stereocenters. The Morgan fingerprint density at radius 2 is 1.80 bits per heavy atom. The van der Waals surface area contributed by atoms with Crippen LogP contribution in [0, 0.1) is 5.41 Å². The Labute approximate surface area is 92.4 Å². The Kier molecular flexibility index (Phi) is 4.30. The van der Waals surface area contributed by atoms with Crippen LogP contribution in [0.5, 0.6) is 0 Å². The number of nitrogens with two attached hydrogens (primary N) is 1. The summed E-state index contributed by atoms with van der Waals surface area (Å²) in [4.78, 5) is 0. The van der Waals surface area contributed by atoms with Crippen molar-refractivity contribution < 1.29 is 4.74 Å². The summed E-state index contributed by atoms with van der Waals surface area (Å²) in [6, 6.07) is 10.3. The second-order valence-electron chi connectivity index (χ2n) is 4.82. The topological polar surface area (TPSA) is 35.2 Å². The van der Waals surface area contributed by atoms with Crippen molar-refractivity contribution in [1.82, 2.24) is 0 Å². The molecule has 1 aromatic rings. The number of hydrogen-bond acceptors (Lipinski definition) is 2. The van der Waals surface area contributed by atoms with Crippen LogP contribution in [0.25, 0.3) is 0 Å². The molecule has 1 unspecified atom stereocenters. The first-order valence-corrected chi connectivity index (χ1v) is 5.42. The average Bonchev–Trinajstić information content (AvgIpc) is 2.18. The van der Waals surface area contributed by atoms with Gasteiger partial charge in [0.1, 0.15) is 0 Å². The van der Waals surface area contributed by atoms with Crippen molar-refractivity contribution in [2.45, 2.75) is 26.9 Å². The first-order chi connectivity index (χ1) is 7.05. The summed E-state index contributed by atoms with van der Waals surface area (Å²) in [6.45, 7) is 7.72. The van der Waals surface area contributed by atoms with Gasteiger partial charge in [-0.2, -0.15) is 0 Å². The summed E-state index contributed by atoms with van der Waals surface area (Å²) in [5.74, 6) is 0. The van der Waals surface area contributed by atoms with Gasteiger partial charge in [-0.15, -0.1) is 0 Å². The molecule has 0 amide bonds. The highest BCUT2D eigenvalue weighted by Gasteiger charge is 2.26. The van der Waals surface area contributed by atoms with Gasteiger partial charge >= 0.3 is 0 Å². The molecule has 0 saturated heterocycles. The fourth-order valence-electron chi connectivity index (χ4n) is 1.66. The second kappa shape index (κ2) is 5.29. The molecule has 0 aliphatic heterocycles. The zero-order valence-corrected chi connectivity index (χ0v) is 9.86. The Balaban J connectivity index is 2.82. The molecule has 0 saturated carbocycles. The molecule has 84 valence electrons. The van der Waals surface area contributed by atoms with E-state index in [9.17, 15) is 0 Å². The molecule has 15 heavy (non-hydrogen) atoms. The molecule has 2 N–H and O–H groups in total. The smallest absolute Gasteiger partial charge is 0.0873 e. The molecule has 0 aliphatic carbocycles. The van der Waals surface area contributed by atoms with E-state index < -0.39 is 0 Å². The van der Waals surface area contributed by atoms with Crippen molar-refractivity contribution in [2.24, 2.45) is 11.1 Å². The Hall–Kier alpha value is -0.860. The molecule has 0 fully saturated rings. The standard InChI is InChI=1S/C13H21NO/c1-13(2,3)12(15-10-9-14)11-7-5-4-6-8-11/h4-8,12H,9-10,14H2,1-3H3. The molecule has 0 radical (unpaired) electrons. The van der Waals surface area contributed by atoms with E-state index in [1.54, 1.807) is 0 Å². The van der Waals surface area contributed by atoms with Crippen LogP contribution in [-0.2, 0) is 4.74 Å². The highest BCUT2D eigenvalue weighted by Crippen LogP contribution is 2.35. The minimum absolute atomic E-state index is 0.0938. The number of ether oxygens (including phenoxy) is 1. The lowest BCUT2D eigenvalue weighted by molar-refractivity contribution is -0.0159. The maximum Gasteiger partial charge on any atom is 0.0873 e. The molecule has 1 aromatic carbocycles. The molecule has 0 bridgehead atoms. The van der Waals surface area contributed by atoms with Gasteiger partial charge in [0.15, 0.2) is 0 Å². The van der Waals surface area contributed by atoms with Crippen LogP contribution in [-0.4, -0.2) is 13.2 Å². The zero-order chi connectivity index (χ0) is 11.3. The number of rotatable bonds is 4. The van der Waals surface area contributed by atoms with Gasteiger partial charge in [0, 0.05) is 6.54 Å². The lowest BCUT2D eigenvalue weighted by Gasteiger charge is -2.31.